The van der Waals surface area contributed by atoms with Crippen molar-refractivity contribution in [1.82, 2.24) is 10.3 Å². The lowest BCUT2D eigenvalue weighted by Crippen LogP contribution is -2.44. The Labute approximate surface area is 165 Å². The second-order valence-corrected chi connectivity index (χ2v) is 9.75. The van der Waals surface area contributed by atoms with Crippen molar-refractivity contribution in [3.8, 4) is 5.75 Å². The largest absolute Gasteiger partial charge is 0.493 e. The molecule has 0 aliphatic heterocycles. The quantitative estimate of drug-likeness (QED) is 0.733. The van der Waals surface area contributed by atoms with Crippen molar-refractivity contribution in [3.05, 3.63) is 18.0 Å². The molecule has 2 fully saturated rings. The third-order valence-corrected chi connectivity index (χ3v) is 6.80. The summed E-state index contributed by atoms with van der Waals surface area (Å²) in [5.41, 5.74) is 2.51. The van der Waals surface area contributed by atoms with Crippen LogP contribution >= 0.6 is 0 Å². The summed E-state index contributed by atoms with van der Waals surface area (Å²) in [5, 5.41) is 7.68. The van der Waals surface area contributed by atoms with Crippen molar-refractivity contribution in [3.63, 3.8) is 0 Å². The van der Waals surface area contributed by atoms with Crippen LogP contribution in [0.4, 0.5) is 5.69 Å². The Hall–Kier alpha value is -1.29. The summed E-state index contributed by atoms with van der Waals surface area (Å²) in [5.74, 6) is 1.78. The van der Waals surface area contributed by atoms with Crippen LogP contribution in [0.5, 0.6) is 5.75 Å². The Kier molecular flexibility index (Phi) is 6.67. The van der Waals surface area contributed by atoms with Gasteiger partial charge in [-0.15, -0.1) is 0 Å². The van der Waals surface area contributed by atoms with Crippen LogP contribution in [-0.2, 0) is 0 Å². The molecule has 2 saturated carbocycles. The van der Waals surface area contributed by atoms with Crippen molar-refractivity contribution in [2.75, 3.05) is 12.4 Å². The number of hydrogen-bond acceptors (Lipinski definition) is 4. The van der Waals surface area contributed by atoms with E-state index < -0.39 is 0 Å². The molecule has 2 aliphatic rings. The molecule has 1 aromatic rings. The highest BCUT2D eigenvalue weighted by molar-refractivity contribution is 5.58. The van der Waals surface area contributed by atoms with E-state index in [1.807, 2.05) is 19.2 Å². The highest BCUT2D eigenvalue weighted by Gasteiger charge is 2.31. The van der Waals surface area contributed by atoms with Gasteiger partial charge in [0, 0.05) is 24.3 Å². The number of aromatic nitrogens is 1. The van der Waals surface area contributed by atoms with E-state index in [0.29, 0.717) is 17.5 Å². The molecule has 3 rings (SSSR count). The number of methoxy groups -OCH3 is 1. The number of ether oxygens (including phenoxy) is 1. The number of nitrogens with one attached hydrogen (secondary N) is 2. The van der Waals surface area contributed by atoms with Gasteiger partial charge < -0.3 is 15.4 Å². The molecule has 4 nitrogen and oxygen atoms in total. The summed E-state index contributed by atoms with van der Waals surface area (Å²) in [6, 6.07) is 4.00. The Morgan fingerprint density at radius 3 is 2.04 bits per heavy atom. The maximum absolute atomic E-state index is 5.53. The van der Waals surface area contributed by atoms with E-state index in [9.17, 15) is 0 Å². The van der Waals surface area contributed by atoms with Crippen LogP contribution in [0.1, 0.15) is 77.8 Å². The van der Waals surface area contributed by atoms with Crippen LogP contribution in [-0.4, -0.2) is 30.2 Å². The highest BCUT2D eigenvalue weighted by atomic mass is 16.5. The van der Waals surface area contributed by atoms with E-state index in [2.05, 4.69) is 36.4 Å². The molecule has 0 saturated heterocycles. The first kappa shape index (κ1) is 20.4. The van der Waals surface area contributed by atoms with E-state index in [-0.39, 0.29) is 0 Å². The molecule has 2 aliphatic carbocycles. The van der Waals surface area contributed by atoms with Crippen molar-refractivity contribution in [1.29, 1.82) is 0 Å². The minimum absolute atomic E-state index is 0.473. The van der Waals surface area contributed by atoms with Crippen LogP contribution in [0.3, 0.4) is 0 Å². The van der Waals surface area contributed by atoms with Gasteiger partial charge in [-0.3, -0.25) is 4.98 Å². The third kappa shape index (κ3) is 5.37. The Morgan fingerprint density at radius 1 is 0.926 bits per heavy atom. The zero-order valence-electron chi connectivity index (χ0n) is 18.0. The summed E-state index contributed by atoms with van der Waals surface area (Å²) in [6.45, 7) is 9.20. The van der Waals surface area contributed by atoms with Crippen LogP contribution in [0, 0.1) is 18.3 Å². The lowest BCUT2D eigenvalue weighted by molar-refractivity contribution is 0.152. The molecule has 0 atom stereocenters. The number of pyridine rings is 1. The van der Waals surface area contributed by atoms with Gasteiger partial charge in [-0.1, -0.05) is 20.8 Å². The fourth-order valence-electron chi connectivity index (χ4n) is 5.01. The average Bonchev–Trinajstić information content (AvgIpc) is 2.63. The summed E-state index contributed by atoms with van der Waals surface area (Å²) in [4.78, 5) is 4.33. The summed E-state index contributed by atoms with van der Waals surface area (Å²) in [6.07, 6.45) is 12.3. The second kappa shape index (κ2) is 8.81. The standard InChI is InChI=1S/C23H39N3O/c1-16-22(27-5)21(14-15-24-16)26-20-12-10-19(11-13-20)25-18-8-6-17(7-9-18)23(2,3)4/h14-15,17-20,25H,6-13H2,1-5H3,(H,24,26). The predicted octanol–water partition coefficient (Wildman–Crippen LogP) is 5.32. The Morgan fingerprint density at radius 2 is 1.48 bits per heavy atom. The van der Waals surface area contributed by atoms with Crippen LogP contribution in [0.25, 0.3) is 0 Å². The van der Waals surface area contributed by atoms with E-state index in [1.54, 1.807) is 7.11 Å². The molecule has 1 aromatic heterocycles. The van der Waals surface area contributed by atoms with E-state index in [1.165, 1.54) is 51.4 Å². The van der Waals surface area contributed by atoms with Gasteiger partial charge in [-0.2, -0.15) is 0 Å². The van der Waals surface area contributed by atoms with Gasteiger partial charge in [0.05, 0.1) is 18.5 Å². The lowest BCUT2D eigenvalue weighted by Gasteiger charge is -2.39. The van der Waals surface area contributed by atoms with Gasteiger partial charge in [0.2, 0.25) is 0 Å². The molecule has 27 heavy (non-hydrogen) atoms. The fourth-order valence-corrected chi connectivity index (χ4v) is 5.01. The van der Waals surface area contributed by atoms with Gasteiger partial charge >= 0.3 is 0 Å². The molecule has 4 heteroatoms. The number of anilines is 1. The van der Waals surface area contributed by atoms with E-state index in [4.69, 9.17) is 4.74 Å². The SMILES string of the molecule is COc1c(NC2CCC(NC3CCC(C(C)(C)C)CC3)CC2)ccnc1C. The average molecular weight is 374 g/mol. The van der Waals surface area contributed by atoms with Crippen molar-refractivity contribution in [2.24, 2.45) is 11.3 Å². The molecule has 0 radical (unpaired) electrons. The zero-order valence-corrected chi connectivity index (χ0v) is 18.0. The van der Waals surface area contributed by atoms with E-state index >= 15 is 0 Å². The van der Waals surface area contributed by atoms with Gasteiger partial charge in [-0.25, -0.2) is 0 Å². The first-order valence-electron chi connectivity index (χ1n) is 10.9. The molecule has 0 spiro atoms. The molecule has 0 unspecified atom stereocenters. The van der Waals surface area contributed by atoms with Gasteiger partial charge in [-0.05, 0) is 75.7 Å². The Bertz CT molecular complexity index is 594. The van der Waals surface area contributed by atoms with Gasteiger partial charge in [0.25, 0.3) is 0 Å². The van der Waals surface area contributed by atoms with Crippen LogP contribution < -0.4 is 15.4 Å². The first-order valence-corrected chi connectivity index (χ1v) is 10.9. The van der Waals surface area contributed by atoms with Gasteiger partial charge in [0.1, 0.15) is 0 Å². The number of aryl methyl sites for hydroxylation is 1. The molecule has 0 bridgehead atoms. The molecule has 2 N–H and O–H groups in total. The van der Waals surface area contributed by atoms with Crippen molar-refractivity contribution >= 4 is 5.69 Å². The van der Waals surface area contributed by atoms with Crippen molar-refractivity contribution < 1.29 is 4.74 Å². The number of nitrogens with zero attached hydrogens (tertiary/aromatic N) is 1. The molecule has 152 valence electrons. The number of hydrogen-bond donors (Lipinski definition) is 2. The highest BCUT2D eigenvalue weighted by Crippen LogP contribution is 2.38. The maximum atomic E-state index is 5.53. The maximum Gasteiger partial charge on any atom is 0.163 e. The summed E-state index contributed by atoms with van der Waals surface area (Å²) in [7, 11) is 1.73. The normalized spacial score (nSPS) is 29.4. The molecular formula is C23H39N3O. The second-order valence-electron chi connectivity index (χ2n) is 9.75. The topological polar surface area (TPSA) is 46.2 Å². The molecular weight excluding hydrogens is 334 g/mol. The zero-order chi connectivity index (χ0) is 19.4. The summed E-state index contributed by atoms with van der Waals surface area (Å²) >= 11 is 0. The minimum Gasteiger partial charge on any atom is -0.493 e. The minimum atomic E-state index is 0.473. The Balaban J connectivity index is 1.43. The molecule has 0 aromatic carbocycles. The monoisotopic (exact) mass is 373 g/mol. The first-order chi connectivity index (χ1) is 12.9. The predicted molar refractivity (Wildman–Crippen MR) is 114 cm³/mol. The van der Waals surface area contributed by atoms with Crippen LogP contribution in [0.2, 0.25) is 0 Å². The van der Waals surface area contributed by atoms with E-state index in [0.717, 1.165) is 29.1 Å². The van der Waals surface area contributed by atoms with Gasteiger partial charge in [0.15, 0.2) is 5.75 Å². The molecule has 1 heterocycles. The van der Waals surface area contributed by atoms with Crippen molar-refractivity contribution in [2.45, 2.75) is 97.2 Å². The fraction of sp³-hybridized carbons (Fsp3) is 0.783. The van der Waals surface area contributed by atoms with Crippen LogP contribution in [0.15, 0.2) is 12.3 Å². The summed E-state index contributed by atoms with van der Waals surface area (Å²) < 4.78 is 5.53. The number of rotatable bonds is 5. The smallest absolute Gasteiger partial charge is 0.163 e. The third-order valence-electron chi connectivity index (χ3n) is 6.80. The molecule has 0 amide bonds. The lowest BCUT2D eigenvalue weighted by atomic mass is 9.71.